The van der Waals surface area contributed by atoms with Gasteiger partial charge in [0.15, 0.2) is 0 Å². The molecule has 0 spiro atoms. The standard InChI is InChI=1S/C15H23NO3/c17-11-5-10-16-15(18)8-4-12-19-13-9-14-6-2-1-3-7-14/h1-3,6-7,17H,4-5,8-13H2,(H,16,18). The first-order valence-electron chi connectivity index (χ1n) is 6.82. The van der Waals surface area contributed by atoms with Crippen LogP contribution in [0.2, 0.25) is 0 Å². The first-order chi connectivity index (χ1) is 9.33. The normalized spacial score (nSPS) is 10.4. The second-order valence-electron chi connectivity index (χ2n) is 4.38. The zero-order valence-electron chi connectivity index (χ0n) is 11.3. The number of amides is 1. The molecule has 1 amide bonds. The summed E-state index contributed by atoms with van der Waals surface area (Å²) in [5.74, 6) is 0.0279. The summed E-state index contributed by atoms with van der Waals surface area (Å²) in [6, 6.07) is 10.2. The quantitative estimate of drug-likeness (QED) is 0.631. The first kappa shape index (κ1) is 15.7. The van der Waals surface area contributed by atoms with Gasteiger partial charge in [0, 0.05) is 26.2 Å². The number of nitrogens with one attached hydrogen (secondary N) is 1. The van der Waals surface area contributed by atoms with Crippen LogP contribution in [0.15, 0.2) is 30.3 Å². The Morgan fingerprint density at radius 3 is 2.68 bits per heavy atom. The number of carbonyl (C=O) groups excluding carboxylic acids is 1. The second-order valence-corrected chi connectivity index (χ2v) is 4.38. The maximum atomic E-state index is 11.3. The number of benzene rings is 1. The molecule has 0 bridgehead atoms. The van der Waals surface area contributed by atoms with Gasteiger partial charge in [-0.05, 0) is 24.8 Å². The summed E-state index contributed by atoms with van der Waals surface area (Å²) in [4.78, 5) is 11.3. The van der Waals surface area contributed by atoms with Crippen LogP contribution >= 0.6 is 0 Å². The Morgan fingerprint density at radius 1 is 1.16 bits per heavy atom. The molecule has 0 fully saturated rings. The second kappa shape index (κ2) is 10.5. The lowest BCUT2D eigenvalue weighted by atomic mass is 10.2. The van der Waals surface area contributed by atoms with E-state index >= 15 is 0 Å². The van der Waals surface area contributed by atoms with Crippen LogP contribution in [0.3, 0.4) is 0 Å². The van der Waals surface area contributed by atoms with Crippen molar-refractivity contribution in [3.63, 3.8) is 0 Å². The third kappa shape index (κ3) is 8.35. The summed E-state index contributed by atoms with van der Waals surface area (Å²) in [7, 11) is 0. The third-order valence-electron chi connectivity index (χ3n) is 2.73. The van der Waals surface area contributed by atoms with Gasteiger partial charge in [-0.2, -0.15) is 0 Å². The molecule has 4 nitrogen and oxygen atoms in total. The molecule has 0 heterocycles. The highest BCUT2D eigenvalue weighted by Crippen LogP contribution is 2.00. The molecule has 0 saturated carbocycles. The maximum absolute atomic E-state index is 11.3. The summed E-state index contributed by atoms with van der Waals surface area (Å²) in [5.41, 5.74) is 1.27. The van der Waals surface area contributed by atoms with Crippen molar-refractivity contribution >= 4 is 5.91 Å². The van der Waals surface area contributed by atoms with Crippen molar-refractivity contribution in [3.05, 3.63) is 35.9 Å². The lowest BCUT2D eigenvalue weighted by molar-refractivity contribution is -0.121. The number of aliphatic hydroxyl groups is 1. The predicted molar refractivity (Wildman–Crippen MR) is 74.9 cm³/mol. The van der Waals surface area contributed by atoms with Gasteiger partial charge in [0.05, 0.1) is 6.61 Å². The molecule has 1 aromatic rings. The van der Waals surface area contributed by atoms with E-state index in [9.17, 15) is 4.79 Å². The van der Waals surface area contributed by atoms with Gasteiger partial charge in [-0.3, -0.25) is 4.79 Å². The van der Waals surface area contributed by atoms with Gasteiger partial charge in [-0.1, -0.05) is 30.3 Å². The zero-order valence-corrected chi connectivity index (χ0v) is 11.3. The minimum absolute atomic E-state index is 0.0279. The third-order valence-corrected chi connectivity index (χ3v) is 2.73. The molecule has 1 rings (SSSR count). The number of hydrogen-bond donors (Lipinski definition) is 2. The number of carbonyl (C=O) groups is 1. The highest BCUT2D eigenvalue weighted by atomic mass is 16.5. The maximum Gasteiger partial charge on any atom is 0.220 e. The Labute approximate surface area is 114 Å². The van der Waals surface area contributed by atoms with Crippen molar-refractivity contribution in [2.45, 2.75) is 25.7 Å². The van der Waals surface area contributed by atoms with Crippen LogP contribution in [0.25, 0.3) is 0 Å². The number of hydrogen-bond acceptors (Lipinski definition) is 3. The summed E-state index contributed by atoms with van der Waals surface area (Å²) < 4.78 is 5.49. The molecule has 0 unspecified atom stereocenters. The Bertz CT molecular complexity index is 341. The van der Waals surface area contributed by atoms with Gasteiger partial charge in [0.25, 0.3) is 0 Å². The Morgan fingerprint density at radius 2 is 1.95 bits per heavy atom. The van der Waals surface area contributed by atoms with E-state index < -0.39 is 0 Å². The summed E-state index contributed by atoms with van der Waals surface area (Å²) in [6.07, 6.45) is 2.74. The largest absolute Gasteiger partial charge is 0.396 e. The number of rotatable bonds is 10. The topological polar surface area (TPSA) is 58.6 Å². The van der Waals surface area contributed by atoms with Crippen molar-refractivity contribution in [1.29, 1.82) is 0 Å². The Balaban J connectivity index is 1.92. The minimum atomic E-state index is 0.0279. The van der Waals surface area contributed by atoms with Gasteiger partial charge in [-0.15, -0.1) is 0 Å². The molecule has 0 saturated heterocycles. The molecule has 0 aliphatic heterocycles. The van der Waals surface area contributed by atoms with Gasteiger partial charge in [-0.25, -0.2) is 0 Å². The lowest BCUT2D eigenvalue weighted by Crippen LogP contribution is -2.25. The van der Waals surface area contributed by atoms with E-state index in [0.717, 1.165) is 12.8 Å². The van der Waals surface area contributed by atoms with E-state index in [1.54, 1.807) is 0 Å². The molecule has 19 heavy (non-hydrogen) atoms. The van der Waals surface area contributed by atoms with Crippen LogP contribution < -0.4 is 5.32 Å². The Kier molecular flexibility index (Phi) is 8.68. The van der Waals surface area contributed by atoms with E-state index in [1.807, 2.05) is 18.2 Å². The monoisotopic (exact) mass is 265 g/mol. The van der Waals surface area contributed by atoms with Gasteiger partial charge >= 0.3 is 0 Å². The van der Waals surface area contributed by atoms with Crippen LogP contribution in [0.4, 0.5) is 0 Å². The van der Waals surface area contributed by atoms with Gasteiger partial charge < -0.3 is 15.2 Å². The average Bonchev–Trinajstić information content (AvgIpc) is 2.44. The van der Waals surface area contributed by atoms with E-state index in [2.05, 4.69) is 17.4 Å². The molecule has 0 atom stereocenters. The Hall–Kier alpha value is -1.39. The van der Waals surface area contributed by atoms with E-state index in [1.165, 1.54) is 5.56 Å². The number of aliphatic hydroxyl groups excluding tert-OH is 1. The van der Waals surface area contributed by atoms with Crippen LogP contribution in [0.5, 0.6) is 0 Å². The first-order valence-corrected chi connectivity index (χ1v) is 6.82. The van der Waals surface area contributed by atoms with Crippen molar-refractivity contribution in [2.75, 3.05) is 26.4 Å². The molecule has 2 N–H and O–H groups in total. The van der Waals surface area contributed by atoms with Crippen molar-refractivity contribution in [3.8, 4) is 0 Å². The number of ether oxygens (including phenoxy) is 1. The SMILES string of the molecule is O=C(CCCOCCc1ccccc1)NCCCO. The van der Waals surface area contributed by atoms with Crippen molar-refractivity contribution in [2.24, 2.45) is 0 Å². The fourth-order valence-corrected chi connectivity index (χ4v) is 1.67. The molecular weight excluding hydrogens is 242 g/mol. The van der Waals surface area contributed by atoms with E-state index in [-0.39, 0.29) is 12.5 Å². The molecule has 106 valence electrons. The van der Waals surface area contributed by atoms with Crippen LogP contribution in [0, 0.1) is 0 Å². The molecule has 0 radical (unpaired) electrons. The van der Waals surface area contributed by atoms with Crippen LogP contribution in [-0.2, 0) is 16.0 Å². The van der Waals surface area contributed by atoms with Crippen LogP contribution in [0.1, 0.15) is 24.8 Å². The predicted octanol–water partition coefficient (Wildman–Crippen LogP) is 1.52. The summed E-state index contributed by atoms with van der Waals surface area (Å²) >= 11 is 0. The van der Waals surface area contributed by atoms with Gasteiger partial charge in [0.2, 0.25) is 5.91 Å². The van der Waals surface area contributed by atoms with Crippen molar-refractivity contribution < 1.29 is 14.6 Å². The molecule has 0 aliphatic carbocycles. The van der Waals surface area contributed by atoms with Gasteiger partial charge in [0.1, 0.15) is 0 Å². The molecular formula is C15H23NO3. The average molecular weight is 265 g/mol. The smallest absolute Gasteiger partial charge is 0.220 e. The lowest BCUT2D eigenvalue weighted by Gasteiger charge is -2.05. The molecule has 1 aromatic carbocycles. The summed E-state index contributed by atoms with van der Waals surface area (Å²) in [5, 5.41) is 11.3. The fourth-order valence-electron chi connectivity index (χ4n) is 1.67. The molecule has 0 aromatic heterocycles. The highest BCUT2D eigenvalue weighted by Gasteiger charge is 2.00. The zero-order chi connectivity index (χ0) is 13.8. The fraction of sp³-hybridized carbons (Fsp3) is 0.533. The summed E-state index contributed by atoms with van der Waals surface area (Å²) in [6.45, 7) is 1.96. The van der Waals surface area contributed by atoms with E-state index in [4.69, 9.17) is 9.84 Å². The van der Waals surface area contributed by atoms with Crippen LogP contribution in [-0.4, -0.2) is 37.4 Å². The minimum Gasteiger partial charge on any atom is -0.396 e. The van der Waals surface area contributed by atoms with E-state index in [0.29, 0.717) is 32.6 Å². The molecule has 0 aliphatic rings. The van der Waals surface area contributed by atoms with Crippen molar-refractivity contribution in [1.82, 2.24) is 5.32 Å². The highest BCUT2D eigenvalue weighted by molar-refractivity contribution is 5.75. The molecule has 4 heteroatoms.